The van der Waals surface area contributed by atoms with Crippen molar-refractivity contribution in [1.29, 1.82) is 0 Å². The molecule has 0 saturated heterocycles. The fraction of sp³-hybridized carbons (Fsp3) is 0.308. The smallest absolute Gasteiger partial charge is 0.165 e. The van der Waals surface area contributed by atoms with Gasteiger partial charge >= 0.3 is 0 Å². The Kier molecular flexibility index (Phi) is 3.44. The highest BCUT2D eigenvalue weighted by Gasteiger charge is 2.08. The molecular weight excluding hydrogens is 214 g/mol. The van der Waals surface area contributed by atoms with Gasteiger partial charge in [0.15, 0.2) is 5.75 Å². The zero-order chi connectivity index (χ0) is 12.3. The predicted molar refractivity (Wildman–Crippen MR) is 67.0 cm³/mol. The van der Waals surface area contributed by atoms with Crippen molar-refractivity contribution in [3.63, 3.8) is 0 Å². The Labute approximate surface area is 101 Å². The molecule has 4 nitrogen and oxygen atoms in total. The first kappa shape index (κ1) is 11.7. The van der Waals surface area contributed by atoms with Gasteiger partial charge in [-0.25, -0.2) is 0 Å². The molecule has 1 aromatic heterocycles. The number of aromatic nitrogens is 2. The molecule has 1 heterocycles. The monoisotopic (exact) mass is 231 g/mol. The van der Waals surface area contributed by atoms with Gasteiger partial charge in [-0.3, -0.25) is 4.68 Å². The van der Waals surface area contributed by atoms with E-state index < -0.39 is 0 Å². The van der Waals surface area contributed by atoms with Crippen LogP contribution < -0.4 is 10.5 Å². The number of nitrogens with two attached hydrogens (primary N) is 1. The molecule has 2 aromatic rings. The average molecular weight is 231 g/mol. The van der Waals surface area contributed by atoms with Gasteiger partial charge in [-0.05, 0) is 19.4 Å². The Hall–Kier alpha value is -1.81. The molecule has 2 N–H and O–H groups in total. The number of aryl methyl sites for hydroxylation is 2. The Balaban J connectivity index is 2.28. The molecule has 0 spiro atoms. The lowest BCUT2D eigenvalue weighted by Gasteiger charge is -2.10. The minimum atomic E-state index is 0.471. The third kappa shape index (κ3) is 2.47. The maximum absolute atomic E-state index is 5.85. The summed E-state index contributed by atoms with van der Waals surface area (Å²) >= 11 is 0. The van der Waals surface area contributed by atoms with Gasteiger partial charge in [0.2, 0.25) is 0 Å². The number of nitrogens with zero attached hydrogens (tertiary/aromatic N) is 2. The van der Waals surface area contributed by atoms with Crippen molar-refractivity contribution in [3.05, 3.63) is 41.7 Å². The van der Waals surface area contributed by atoms with Crippen LogP contribution in [0.3, 0.4) is 0 Å². The van der Waals surface area contributed by atoms with Crippen LogP contribution in [0.1, 0.15) is 18.1 Å². The first-order valence-corrected chi connectivity index (χ1v) is 5.73. The van der Waals surface area contributed by atoms with Crippen molar-refractivity contribution in [2.45, 2.75) is 26.9 Å². The van der Waals surface area contributed by atoms with Crippen LogP contribution >= 0.6 is 0 Å². The van der Waals surface area contributed by atoms with E-state index in [1.165, 1.54) is 0 Å². The highest BCUT2D eigenvalue weighted by Crippen LogP contribution is 2.28. The number of hydrogen-bond donors (Lipinski definition) is 1. The average Bonchev–Trinajstić information content (AvgIpc) is 2.79. The summed E-state index contributed by atoms with van der Waals surface area (Å²) in [5, 5.41) is 4.18. The Bertz CT molecular complexity index is 505. The lowest BCUT2D eigenvalue weighted by atomic mass is 10.1. The van der Waals surface area contributed by atoms with Gasteiger partial charge in [0.1, 0.15) is 5.75 Å². The summed E-state index contributed by atoms with van der Waals surface area (Å²) in [5.74, 6) is 1.58. The molecule has 0 aliphatic carbocycles. The molecule has 4 heteroatoms. The first-order chi connectivity index (χ1) is 8.24. The third-order valence-electron chi connectivity index (χ3n) is 2.67. The van der Waals surface area contributed by atoms with Crippen LogP contribution in [0.4, 0.5) is 0 Å². The molecule has 90 valence electrons. The molecule has 1 aromatic carbocycles. The number of para-hydroxylation sites is 1. The van der Waals surface area contributed by atoms with Crippen molar-refractivity contribution in [3.8, 4) is 11.5 Å². The Morgan fingerprint density at radius 1 is 1.41 bits per heavy atom. The fourth-order valence-electron chi connectivity index (χ4n) is 1.71. The molecule has 0 amide bonds. The largest absolute Gasteiger partial charge is 0.453 e. The van der Waals surface area contributed by atoms with Gasteiger partial charge in [-0.1, -0.05) is 18.2 Å². The van der Waals surface area contributed by atoms with Gasteiger partial charge < -0.3 is 10.5 Å². The van der Waals surface area contributed by atoms with Gasteiger partial charge in [0.05, 0.1) is 12.4 Å². The molecule has 0 atom stereocenters. The van der Waals surface area contributed by atoms with Crippen LogP contribution in [0.25, 0.3) is 0 Å². The summed E-state index contributed by atoms with van der Waals surface area (Å²) in [7, 11) is 0. The van der Waals surface area contributed by atoms with Crippen molar-refractivity contribution in [2.75, 3.05) is 0 Å². The van der Waals surface area contributed by atoms with E-state index in [0.29, 0.717) is 6.54 Å². The second-order valence-corrected chi connectivity index (χ2v) is 3.90. The lowest BCUT2D eigenvalue weighted by molar-refractivity contribution is 0.471. The minimum Gasteiger partial charge on any atom is -0.453 e. The minimum absolute atomic E-state index is 0.471. The summed E-state index contributed by atoms with van der Waals surface area (Å²) in [6.07, 6.45) is 3.60. The standard InChI is InChI=1S/C13H17N3O/c1-3-16-9-12(8-15-16)17-13-10(2)5-4-6-11(13)7-14/h4-6,8-9H,3,7,14H2,1-2H3. The lowest BCUT2D eigenvalue weighted by Crippen LogP contribution is -2.00. The Morgan fingerprint density at radius 2 is 2.24 bits per heavy atom. The van der Waals surface area contributed by atoms with E-state index in [-0.39, 0.29) is 0 Å². The van der Waals surface area contributed by atoms with Gasteiger partial charge in [0, 0.05) is 18.7 Å². The first-order valence-electron chi connectivity index (χ1n) is 5.73. The number of benzene rings is 1. The molecule has 0 aliphatic rings. The maximum Gasteiger partial charge on any atom is 0.165 e. The SMILES string of the molecule is CCn1cc(Oc2c(C)cccc2CN)cn1. The predicted octanol–water partition coefficient (Wildman–Crippen LogP) is 2.46. The molecule has 0 unspecified atom stereocenters. The van der Waals surface area contributed by atoms with Crippen molar-refractivity contribution >= 4 is 0 Å². The molecule has 0 fully saturated rings. The van der Waals surface area contributed by atoms with E-state index in [4.69, 9.17) is 10.5 Å². The van der Waals surface area contributed by atoms with E-state index in [1.54, 1.807) is 6.20 Å². The van der Waals surface area contributed by atoms with Crippen molar-refractivity contribution in [2.24, 2.45) is 5.73 Å². The molecule has 0 bridgehead atoms. The van der Waals surface area contributed by atoms with E-state index in [2.05, 4.69) is 5.10 Å². The number of rotatable bonds is 4. The number of hydrogen-bond acceptors (Lipinski definition) is 3. The van der Waals surface area contributed by atoms with Crippen LogP contribution in [-0.4, -0.2) is 9.78 Å². The van der Waals surface area contributed by atoms with Crippen LogP contribution in [0.2, 0.25) is 0 Å². The summed E-state index contributed by atoms with van der Waals surface area (Å²) in [4.78, 5) is 0. The summed E-state index contributed by atoms with van der Waals surface area (Å²) in [6.45, 7) is 5.36. The van der Waals surface area contributed by atoms with E-state index in [1.807, 2.05) is 42.9 Å². The third-order valence-corrected chi connectivity index (χ3v) is 2.67. The molecule has 2 rings (SSSR count). The second-order valence-electron chi connectivity index (χ2n) is 3.90. The van der Waals surface area contributed by atoms with Crippen molar-refractivity contribution < 1.29 is 4.74 Å². The number of ether oxygens (including phenoxy) is 1. The zero-order valence-corrected chi connectivity index (χ0v) is 10.2. The van der Waals surface area contributed by atoms with Crippen molar-refractivity contribution in [1.82, 2.24) is 9.78 Å². The summed E-state index contributed by atoms with van der Waals surface area (Å²) < 4.78 is 7.68. The molecule has 17 heavy (non-hydrogen) atoms. The quantitative estimate of drug-likeness (QED) is 0.879. The van der Waals surface area contributed by atoms with Crippen LogP contribution in [0.5, 0.6) is 11.5 Å². The van der Waals surface area contributed by atoms with E-state index >= 15 is 0 Å². The summed E-state index contributed by atoms with van der Waals surface area (Å²) in [6, 6.07) is 5.98. The highest BCUT2D eigenvalue weighted by atomic mass is 16.5. The van der Waals surface area contributed by atoms with Gasteiger partial charge in [0.25, 0.3) is 0 Å². The normalized spacial score (nSPS) is 10.5. The van der Waals surface area contributed by atoms with Crippen LogP contribution in [-0.2, 0) is 13.1 Å². The summed E-state index contributed by atoms with van der Waals surface area (Å²) in [5.41, 5.74) is 7.79. The molecular formula is C13H17N3O. The Morgan fingerprint density at radius 3 is 2.88 bits per heavy atom. The van der Waals surface area contributed by atoms with E-state index in [9.17, 15) is 0 Å². The maximum atomic E-state index is 5.85. The molecule has 0 radical (unpaired) electrons. The molecule has 0 saturated carbocycles. The van der Waals surface area contributed by atoms with E-state index in [0.717, 1.165) is 29.2 Å². The van der Waals surface area contributed by atoms with Gasteiger partial charge in [-0.15, -0.1) is 0 Å². The molecule has 0 aliphatic heterocycles. The van der Waals surface area contributed by atoms with Crippen LogP contribution in [0.15, 0.2) is 30.6 Å². The van der Waals surface area contributed by atoms with Gasteiger partial charge in [-0.2, -0.15) is 5.10 Å². The zero-order valence-electron chi connectivity index (χ0n) is 10.2. The topological polar surface area (TPSA) is 53.1 Å². The fourth-order valence-corrected chi connectivity index (χ4v) is 1.71. The second kappa shape index (κ2) is 5.01. The van der Waals surface area contributed by atoms with Crippen LogP contribution in [0, 0.1) is 6.92 Å². The highest BCUT2D eigenvalue weighted by molar-refractivity contribution is 5.43.